The van der Waals surface area contributed by atoms with Gasteiger partial charge in [-0.3, -0.25) is 4.79 Å². The first kappa shape index (κ1) is 15.1. The highest BCUT2D eigenvalue weighted by molar-refractivity contribution is 7.99. The van der Waals surface area contributed by atoms with E-state index in [0.29, 0.717) is 6.54 Å². The smallest absolute Gasteiger partial charge is 0.323 e. The third-order valence-corrected chi connectivity index (χ3v) is 3.88. The van der Waals surface area contributed by atoms with E-state index in [-0.39, 0.29) is 12.6 Å². The summed E-state index contributed by atoms with van der Waals surface area (Å²) in [4.78, 5) is 26.5. The van der Waals surface area contributed by atoms with Crippen LogP contribution in [0.4, 0.5) is 4.79 Å². The number of carboxylic acid groups (broad SMARTS) is 1. The Hall–Kier alpha value is -0.910. The monoisotopic (exact) mass is 274 g/mol. The largest absolute Gasteiger partial charge is 0.480 e. The molecule has 0 atom stereocenters. The molecule has 1 fully saturated rings. The highest BCUT2D eigenvalue weighted by Gasteiger charge is 2.31. The van der Waals surface area contributed by atoms with Crippen LogP contribution in [0.25, 0.3) is 0 Å². The van der Waals surface area contributed by atoms with E-state index in [1.165, 1.54) is 4.90 Å². The van der Waals surface area contributed by atoms with E-state index in [1.54, 1.807) is 4.90 Å². The number of carboxylic acids is 1. The third kappa shape index (κ3) is 4.40. The van der Waals surface area contributed by atoms with Crippen LogP contribution in [-0.2, 0) is 4.79 Å². The minimum absolute atomic E-state index is 0.160. The molecule has 6 heteroatoms. The van der Waals surface area contributed by atoms with Gasteiger partial charge in [0.15, 0.2) is 0 Å². The molecular formula is C12H22N2O3S. The molecule has 1 aliphatic rings. The van der Waals surface area contributed by atoms with E-state index in [0.717, 1.165) is 24.5 Å². The van der Waals surface area contributed by atoms with E-state index in [9.17, 15) is 9.59 Å². The van der Waals surface area contributed by atoms with Gasteiger partial charge in [-0.1, -0.05) is 0 Å². The lowest BCUT2D eigenvalue weighted by Crippen LogP contribution is -2.54. The molecule has 1 saturated heterocycles. The lowest BCUT2D eigenvalue weighted by atomic mass is 10.1. The molecule has 2 amide bonds. The summed E-state index contributed by atoms with van der Waals surface area (Å²) in [5.41, 5.74) is -0.477. The van der Waals surface area contributed by atoms with Crippen LogP contribution >= 0.6 is 11.8 Å². The number of carbonyl (C=O) groups excluding carboxylic acids is 1. The number of amides is 2. The van der Waals surface area contributed by atoms with Crippen LogP contribution in [0.5, 0.6) is 0 Å². The fourth-order valence-electron chi connectivity index (χ4n) is 1.84. The molecule has 0 bridgehead atoms. The van der Waals surface area contributed by atoms with Gasteiger partial charge in [-0.25, -0.2) is 4.79 Å². The van der Waals surface area contributed by atoms with Crippen molar-refractivity contribution in [3.05, 3.63) is 0 Å². The Bertz CT molecular complexity index is 307. The Morgan fingerprint density at radius 3 is 2.50 bits per heavy atom. The van der Waals surface area contributed by atoms with Gasteiger partial charge >= 0.3 is 12.0 Å². The number of rotatable bonds is 2. The molecule has 1 rings (SSSR count). The van der Waals surface area contributed by atoms with Crippen LogP contribution in [-0.4, -0.2) is 63.6 Å². The summed E-state index contributed by atoms with van der Waals surface area (Å²) in [6, 6.07) is -0.160. The Morgan fingerprint density at radius 2 is 1.94 bits per heavy atom. The SMILES string of the molecule is CC(C)(C)N(CC(=O)O)C(=O)N1CCCSCC1. The maximum Gasteiger partial charge on any atom is 0.323 e. The number of urea groups is 1. The van der Waals surface area contributed by atoms with Crippen molar-refractivity contribution in [3.63, 3.8) is 0 Å². The van der Waals surface area contributed by atoms with Crippen molar-refractivity contribution in [2.45, 2.75) is 32.7 Å². The van der Waals surface area contributed by atoms with E-state index in [2.05, 4.69) is 0 Å². The predicted molar refractivity (Wildman–Crippen MR) is 73.0 cm³/mol. The second-order valence-corrected chi connectivity index (χ2v) is 6.61. The summed E-state index contributed by atoms with van der Waals surface area (Å²) < 4.78 is 0. The average molecular weight is 274 g/mol. The normalized spacial score (nSPS) is 17.2. The third-order valence-electron chi connectivity index (χ3n) is 2.83. The molecule has 18 heavy (non-hydrogen) atoms. The zero-order valence-electron chi connectivity index (χ0n) is 11.3. The van der Waals surface area contributed by atoms with E-state index >= 15 is 0 Å². The lowest BCUT2D eigenvalue weighted by molar-refractivity contribution is -0.138. The van der Waals surface area contributed by atoms with Gasteiger partial charge in [0, 0.05) is 24.4 Å². The van der Waals surface area contributed by atoms with Gasteiger partial charge in [0.25, 0.3) is 0 Å². The second-order valence-electron chi connectivity index (χ2n) is 5.39. The zero-order valence-corrected chi connectivity index (χ0v) is 12.1. The van der Waals surface area contributed by atoms with Crippen LogP contribution in [0.3, 0.4) is 0 Å². The Labute approximate surface area is 113 Å². The zero-order chi connectivity index (χ0) is 13.8. The maximum atomic E-state index is 12.4. The van der Waals surface area contributed by atoms with Crippen molar-refractivity contribution in [1.82, 2.24) is 9.80 Å². The Balaban J connectivity index is 2.77. The molecule has 1 heterocycles. The molecule has 0 unspecified atom stereocenters. The van der Waals surface area contributed by atoms with E-state index in [1.807, 2.05) is 32.5 Å². The molecule has 0 aromatic heterocycles. The average Bonchev–Trinajstić information content (AvgIpc) is 2.51. The van der Waals surface area contributed by atoms with Gasteiger partial charge in [0.2, 0.25) is 0 Å². The number of aliphatic carboxylic acids is 1. The first-order valence-electron chi connectivity index (χ1n) is 6.18. The summed E-state index contributed by atoms with van der Waals surface area (Å²) in [7, 11) is 0. The first-order chi connectivity index (χ1) is 8.32. The fourth-order valence-corrected chi connectivity index (χ4v) is 2.72. The predicted octanol–water partition coefficient (Wildman–Crippen LogP) is 1.73. The molecule has 0 radical (unpaired) electrons. The van der Waals surface area contributed by atoms with Crippen molar-refractivity contribution >= 4 is 23.8 Å². The van der Waals surface area contributed by atoms with Crippen molar-refractivity contribution in [3.8, 4) is 0 Å². The van der Waals surface area contributed by atoms with Gasteiger partial charge in [0.1, 0.15) is 6.54 Å². The van der Waals surface area contributed by atoms with E-state index in [4.69, 9.17) is 5.11 Å². The quantitative estimate of drug-likeness (QED) is 0.833. The molecule has 0 aromatic carbocycles. The summed E-state index contributed by atoms with van der Waals surface area (Å²) in [5.74, 6) is 1.03. The lowest BCUT2D eigenvalue weighted by Gasteiger charge is -2.38. The number of carbonyl (C=O) groups is 2. The molecular weight excluding hydrogens is 252 g/mol. The van der Waals surface area contributed by atoms with Gasteiger partial charge in [-0.15, -0.1) is 0 Å². The van der Waals surface area contributed by atoms with Gasteiger partial charge in [-0.05, 0) is 32.9 Å². The molecule has 1 N–H and O–H groups in total. The van der Waals surface area contributed by atoms with Crippen molar-refractivity contribution in [1.29, 1.82) is 0 Å². The molecule has 0 aliphatic carbocycles. The molecule has 5 nitrogen and oxygen atoms in total. The fraction of sp³-hybridized carbons (Fsp3) is 0.833. The number of nitrogens with zero attached hydrogens (tertiary/aromatic N) is 2. The molecule has 0 aromatic rings. The molecule has 0 spiro atoms. The molecule has 104 valence electrons. The van der Waals surface area contributed by atoms with Crippen molar-refractivity contribution < 1.29 is 14.7 Å². The van der Waals surface area contributed by atoms with Gasteiger partial charge < -0.3 is 14.9 Å². The summed E-state index contributed by atoms with van der Waals surface area (Å²) >= 11 is 1.84. The Morgan fingerprint density at radius 1 is 1.28 bits per heavy atom. The van der Waals surface area contributed by atoms with Crippen LogP contribution in [0.1, 0.15) is 27.2 Å². The van der Waals surface area contributed by atoms with Crippen LogP contribution in [0, 0.1) is 0 Å². The minimum Gasteiger partial charge on any atom is -0.480 e. The van der Waals surface area contributed by atoms with Crippen molar-refractivity contribution in [2.75, 3.05) is 31.1 Å². The number of hydrogen-bond donors (Lipinski definition) is 1. The van der Waals surface area contributed by atoms with Crippen molar-refractivity contribution in [2.24, 2.45) is 0 Å². The van der Waals surface area contributed by atoms with Crippen LogP contribution < -0.4 is 0 Å². The highest BCUT2D eigenvalue weighted by Crippen LogP contribution is 2.18. The number of hydrogen-bond acceptors (Lipinski definition) is 3. The topological polar surface area (TPSA) is 60.9 Å². The maximum absolute atomic E-state index is 12.4. The Kier molecular flexibility index (Phi) is 5.31. The molecule has 0 saturated carbocycles. The van der Waals surface area contributed by atoms with Crippen LogP contribution in [0.2, 0.25) is 0 Å². The van der Waals surface area contributed by atoms with Gasteiger partial charge in [-0.2, -0.15) is 11.8 Å². The summed E-state index contributed by atoms with van der Waals surface area (Å²) in [5, 5.41) is 8.93. The first-order valence-corrected chi connectivity index (χ1v) is 7.34. The second kappa shape index (κ2) is 6.31. The van der Waals surface area contributed by atoms with Crippen LogP contribution in [0.15, 0.2) is 0 Å². The molecule has 1 aliphatic heterocycles. The highest BCUT2D eigenvalue weighted by atomic mass is 32.2. The number of thioether (sulfide) groups is 1. The summed E-state index contributed by atoms with van der Waals surface area (Å²) in [6.07, 6.45) is 0.974. The van der Waals surface area contributed by atoms with Gasteiger partial charge in [0.05, 0.1) is 0 Å². The standard InChI is InChI=1S/C12H22N2O3S/c1-12(2,3)14(9-10(15)16)11(17)13-5-4-7-18-8-6-13/h4-9H2,1-3H3,(H,15,16). The van der Waals surface area contributed by atoms with E-state index < -0.39 is 11.5 Å². The minimum atomic E-state index is -0.970. The summed E-state index contributed by atoms with van der Waals surface area (Å²) in [6.45, 7) is 6.76.